The number of nitrogens with one attached hydrogen (secondary N) is 1. The first-order valence-corrected chi connectivity index (χ1v) is 8.48. The van der Waals surface area contributed by atoms with Crippen molar-refractivity contribution < 1.29 is 17.9 Å². The highest BCUT2D eigenvalue weighted by molar-refractivity contribution is 5.41. The minimum Gasteiger partial charge on any atom is -0.497 e. The highest BCUT2D eigenvalue weighted by Gasteiger charge is 2.28. The zero-order chi connectivity index (χ0) is 19.3. The molecule has 2 aromatic heterocycles. The Bertz CT molecular complexity index is 893. The third-order valence-electron chi connectivity index (χ3n) is 3.93. The number of hydrogen-bond acceptors (Lipinski definition) is 4. The van der Waals surface area contributed by atoms with Crippen LogP contribution in [0.4, 0.5) is 14.5 Å². The number of methoxy groups -OCH3 is 1. The summed E-state index contributed by atoms with van der Waals surface area (Å²) >= 11 is 0. The molecule has 5 nitrogen and oxygen atoms in total. The third-order valence-corrected chi connectivity index (χ3v) is 3.93. The van der Waals surface area contributed by atoms with E-state index in [1.54, 1.807) is 24.2 Å². The smallest absolute Gasteiger partial charge is 0.301 e. The van der Waals surface area contributed by atoms with Gasteiger partial charge in [0.1, 0.15) is 11.5 Å². The van der Waals surface area contributed by atoms with Crippen LogP contribution in [-0.2, 0) is 18.9 Å². The Morgan fingerprint density at radius 2 is 2.00 bits per heavy atom. The summed E-state index contributed by atoms with van der Waals surface area (Å²) in [5.74, 6) is -2.07. The predicted octanol–water partition coefficient (Wildman–Crippen LogP) is 4.81. The van der Waals surface area contributed by atoms with Crippen LogP contribution in [0.25, 0.3) is 0 Å². The second-order valence-electron chi connectivity index (χ2n) is 6.18. The van der Waals surface area contributed by atoms with Gasteiger partial charge < -0.3 is 14.5 Å². The molecule has 0 aliphatic carbocycles. The van der Waals surface area contributed by atoms with Gasteiger partial charge in [0.15, 0.2) is 5.76 Å². The monoisotopic (exact) mass is 373 g/mol. The van der Waals surface area contributed by atoms with Gasteiger partial charge in [-0.1, -0.05) is 18.2 Å². The van der Waals surface area contributed by atoms with E-state index in [0.29, 0.717) is 5.76 Å². The molecule has 2 heterocycles. The first-order chi connectivity index (χ1) is 12.9. The molecule has 0 atom stereocenters. The number of halogens is 2. The number of ether oxygens (including phenoxy) is 1. The highest BCUT2D eigenvalue weighted by atomic mass is 19.3. The molecule has 0 amide bonds. The van der Waals surface area contributed by atoms with Crippen LogP contribution >= 0.6 is 0 Å². The van der Waals surface area contributed by atoms with Crippen LogP contribution in [0.15, 0.2) is 65.5 Å². The third kappa shape index (κ3) is 5.20. The Hall–Kier alpha value is -3.09. The van der Waals surface area contributed by atoms with E-state index in [0.717, 1.165) is 24.8 Å². The van der Waals surface area contributed by atoms with Gasteiger partial charge in [0, 0.05) is 13.1 Å². The van der Waals surface area contributed by atoms with Gasteiger partial charge in [-0.15, -0.1) is 0 Å². The lowest BCUT2D eigenvalue weighted by Gasteiger charge is -2.05. The highest BCUT2D eigenvalue weighted by Crippen LogP contribution is 2.28. The second kappa shape index (κ2) is 8.07. The van der Waals surface area contributed by atoms with Crippen LogP contribution in [0, 0.1) is 0 Å². The van der Waals surface area contributed by atoms with E-state index >= 15 is 0 Å². The van der Waals surface area contributed by atoms with Gasteiger partial charge in [-0.25, -0.2) is 0 Å². The van der Waals surface area contributed by atoms with Crippen molar-refractivity contribution in [3.05, 3.63) is 78.2 Å². The summed E-state index contributed by atoms with van der Waals surface area (Å²) in [6.07, 6.45) is 8.07. The van der Waals surface area contributed by atoms with Crippen LogP contribution in [0.2, 0.25) is 0 Å². The number of rotatable bonds is 8. The average Bonchev–Trinajstić information content (AvgIpc) is 3.29. The maximum absolute atomic E-state index is 13.2. The molecule has 0 saturated heterocycles. The number of furan rings is 1. The van der Waals surface area contributed by atoms with Gasteiger partial charge in [-0.05, 0) is 42.4 Å². The number of benzene rings is 1. The molecule has 3 aromatic rings. The van der Waals surface area contributed by atoms with Gasteiger partial charge in [0.25, 0.3) is 0 Å². The number of nitrogens with zero attached hydrogens (tertiary/aromatic N) is 2. The summed E-state index contributed by atoms with van der Waals surface area (Å²) in [5, 5.41) is 7.33. The Labute approximate surface area is 156 Å². The molecule has 0 fully saturated rings. The largest absolute Gasteiger partial charge is 0.497 e. The fourth-order valence-electron chi connectivity index (χ4n) is 2.49. The Morgan fingerprint density at radius 3 is 2.67 bits per heavy atom. The molecule has 0 saturated carbocycles. The summed E-state index contributed by atoms with van der Waals surface area (Å²) in [7, 11) is 1.64. The van der Waals surface area contributed by atoms with Crippen molar-refractivity contribution in [2.45, 2.75) is 25.8 Å². The van der Waals surface area contributed by atoms with E-state index in [9.17, 15) is 8.78 Å². The van der Waals surface area contributed by atoms with Crippen molar-refractivity contribution in [2.75, 3.05) is 12.4 Å². The molecular weight excluding hydrogens is 352 g/mol. The van der Waals surface area contributed by atoms with E-state index < -0.39 is 5.92 Å². The van der Waals surface area contributed by atoms with Crippen LogP contribution in [0.3, 0.4) is 0 Å². The first-order valence-electron chi connectivity index (χ1n) is 8.48. The summed E-state index contributed by atoms with van der Waals surface area (Å²) < 4.78 is 38.3. The van der Waals surface area contributed by atoms with E-state index in [1.165, 1.54) is 17.7 Å². The van der Waals surface area contributed by atoms with Crippen molar-refractivity contribution in [1.82, 2.24) is 9.78 Å². The van der Waals surface area contributed by atoms with E-state index in [4.69, 9.17) is 9.15 Å². The molecule has 27 heavy (non-hydrogen) atoms. The molecule has 0 unspecified atom stereocenters. The molecule has 0 bridgehead atoms. The van der Waals surface area contributed by atoms with Crippen molar-refractivity contribution in [3.63, 3.8) is 0 Å². The fourth-order valence-corrected chi connectivity index (χ4v) is 2.49. The lowest BCUT2D eigenvalue weighted by atomic mass is 10.1. The zero-order valence-corrected chi connectivity index (χ0v) is 15.2. The minimum atomic E-state index is -2.98. The Morgan fingerprint density at radius 1 is 1.22 bits per heavy atom. The molecular formula is C20H21F2N3O2. The van der Waals surface area contributed by atoms with Crippen molar-refractivity contribution in [2.24, 2.45) is 0 Å². The molecule has 0 radical (unpaired) electrons. The van der Waals surface area contributed by atoms with Crippen LogP contribution in [0.1, 0.15) is 24.0 Å². The molecule has 1 N–H and O–H groups in total. The molecule has 0 aliphatic heterocycles. The van der Waals surface area contributed by atoms with Crippen LogP contribution < -0.4 is 10.1 Å². The summed E-state index contributed by atoms with van der Waals surface area (Å²) in [6.45, 7) is 1.09. The Kier molecular flexibility index (Phi) is 5.59. The number of anilines is 1. The van der Waals surface area contributed by atoms with Gasteiger partial charge >= 0.3 is 5.92 Å². The SMILES string of the molecule is COc1ccc(C/C=C/Nc2cnn(Cc3ccc(C(C)(F)F)o3)c2)cc1. The maximum atomic E-state index is 13.2. The maximum Gasteiger partial charge on any atom is 0.301 e. The molecule has 0 aliphatic rings. The lowest BCUT2D eigenvalue weighted by molar-refractivity contribution is -0.00636. The first kappa shape index (κ1) is 18.7. The number of allylic oxidation sites excluding steroid dienone is 1. The van der Waals surface area contributed by atoms with Crippen molar-refractivity contribution >= 4 is 5.69 Å². The predicted molar refractivity (Wildman–Crippen MR) is 99.1 cm³/mol. The molecule has 1 aromatic carbocycles. The van der Waals surface area contributed by atoms with Gasteiger partial charge in [-0.2, -0.15) is 13.9 Å². The topological polar surface area (TPSA) is 52.2 Å². The molecule has 0 spiro atoms. The quantitative estimate of drug-likeness (QED) is 0.615. The summed E-state index contributed by atoms with van der Waals surface area (Å²) in [4.78, 5) is 0. The van der Waals surface area contributed by atoms with Gasteiger partial charge in [0.05, 0.1) is 25.5 Å². The van der Waals surface area contributed by atoms with Gasteiger partial charge in [0.2, 0.25) is 0 Å². The standard InChI is InChI=1S/C20H21F2N3O2/c1-20(21,22)19-10-9-18(27-19)14-25-13-16(12-24-25)23-11-3-4-15-5-7-17(26-2)8-6-15/h3,5-13,23H,4,14H2,1-2H3/b11-3+. The molecule has 7 heteroatoms. The van der Waals surface area contributed by atoms with E-state index in [-0.39, 0.29) is 12.3 Å². The van der Waals surface area contributed by atoms with E-state index in [1.807, 2.05) is 36.5 Å². The normalized spacial score (nSPS) is 11.9. The fraction of sp³-hybridized carbons (Fsp3) is 0.250. The molecule has 3 rings (SSSR count). The number of aromatic nitrogens is 2. The second-order valence-corrected chi connectivity index (χ2v) is 6.18. The van der Waals surface area contributed by atoms with Crippen molar-refractivity contribution in [1.29, 1.82) is 0 Å². The minimum absolute atomic E-state index is 0.285. The van der Waals surface area contributed by atoms with Crippen LogP contribution in [0.5, 0.6) is 5.75 Å². The number of hydrogen-bond donors (Lipinski definition) is 1. The van der Waals surface area contributed by atoms with E-state index in [2.05, 4.69) is 10.4 Å². The zero-order valence-electron chi connectivity index (χ0n) is 15.2. The van der Waals surface area contributed by atoms with Crippen LogP contribution in [-0.4, -0.2) is 16.9 Å². The number of alkyl halides is 2. The Balaban J connectivity index is 1.51. The average molecular weight is 373 g/mol. The van der Waals surface area contributed by atoms with Crippen molar-refractivity contribution in [3.8, 4) is 5.75 Å². The summed E-state index contributed by atoms with van der Waals surface area (Å²) in [5.41, 5.74) is 1.97. The lowest BCUT2D eigenvalue weighted by Crippen LogP contribution is -2.05. The van der Waals surface area contributed by atoms with Gasteiger partial charge in [-0.3, -0.25) is 4.68 Å². The molecule has 142 valence electrons. The summed E-state index contributed by atoms with van der Waals surface area (Å²) in [6, 6.07) is 10.7.